The molecule has 0 atom stereocenters. The predicted octanol–water partition coefficient (Wildman–Crippen LogP) is 1.94. The van der Waals surface area contributed by atoms with Gasteiger partial charge in [0, 0.05) is 0 Å². The molecule has 3 heteroatoms. The highest BCUT2D eigenvalue weighted by Crippen LogP contribution is 2.31. The van der Waals surface area contributed by atoms with Crippen LogP contribution in [-0.4, -0.2) is 25.6 Å². The van der Waals surface area contributed by atoms with E-state index >= 15 is 0 Å². The van der Waals surface area contributed by atoms with E-state index in [9.17, 15) is 4.79 Å². The SMILES string of the molecule is CC(C)Oc1ccc(C2(C=O)COC2)cc1. The van der Waals surface area contributed by atoms with Gasteiger partial charge < -0.3 is 14.3 Å². The van der Waals surface area contributed by atoms with Gasteiger partial charge in [0.05, 0.1) is 24.7 Å². The maximum atomic E-state index is 11.1. The molecule has 1 saturated heterocycles. The van der Waals surface area contributed by atoms with Gasteiger partial charge in [-0.1, -0.05) is 12.1 Å². The smallest absolute Gasteiger partial charge is 0.135 e. The minimum absolute atomic E-state index is 0.165. The second-order valence-electron chi connectivity index (χ2n) is 4.46. The van der Waals surface area contributed by atoms with Crippen molar-refractivity contribution in [2.75, 3.05) is 13.2 Å². The Morgan fingerprint density at radius 3 is 2.31 bits per heavy atom. The molecule has 0 radical (unpaired) electrons. The predicted molar refractivity (Wildman–Crippen MR) is 60.8 cm³/mol. The Bertz CT molecular complexity index is 363. The molecule has 16 heavy (non-hydrogen) atoms. The Morgan fingerprint density at radius 1 is 1.31 bits per heavy atom. The summed E-state index contributed by atoms with van der Waals surface area (Å²) in [7, 11) is 0. The Balaban J connectivity index is 2.15. The summed E-state index contributed by atoms with van der Waals surface area (Å²) in [6.07, 6.45) is 1.15. The van der Waals surface area contributed by atoms with Gasteiger partial charge in [-0.15, -0.1) is 0 Å². The molecule has 0 amide bonds. The van der Waals surface area contributed by atoms with Gasteiger partial charge in [-0.05, 0) is 31.5 Å². The summed E-state index contributed by atoms with van der Waals surface area (Å²) in [4.78, 5) is 11.1. The van der Waals surface area contributed by atoms with Gasteiger partial charge in [0.25, 0.3) is 0 Å². The fourth-order valence-corrected chi connectivity index (χ4v) is 1.76. The van der Waals surface area contributed by atoms with Crippen LogP contribution >= 0.6 is 0 Å². The van der Waals surface area contributed by atoms with Crippen molar-refractivity contribution in [1.82, 2.24) is 0 Å². The number of carbonyl (C=O) groups is 1. The van der Waals surface area contributed by atoms with Crippen LogP contribution in [0, 0.1) is 0 Å². The molecule has 86 valence electrons. The molecule has 0 N–H and O–H groups in total. The normalized spacial score (nSPS) is 17.9. The van der Waals surface area contributed by atoms with E-state index in [0.717, 1.165) is 17.6 Å². The highest BCUT2D eigenvalue weighted by atomic mass is 16.5. The van der Waals surface area contributed by atoms with Crippen LogP contribution in [0.1, 0.15) is 19.4 Å². The number of hydrogen-bond acceptors (Lipinski definition) is 3. The van der Waals surface area contributed by atoms with Gasteiger partial charge in [0.15, 0.2) is 0 Å². The zero-order chi connectivity index (χ0) is 11.6. The van der Waals surface area contributed by atoms with Gasteiger partial charge in [0.2, 0.25) is 0 Å². The monoisotopic (exact) mass is 220 g/mol. The maximum Gasteiger partial charge on any atom is 0.135 e. The highest BCUT2D eigenvalue weighted by molar-refractivity contribution is 5.70. The zero-order valence-electron chi connectivity index (χ0n) is 9.60. The molecule has 1 aliphatic rings. The van der Waals surface area contributed by atoms with E-state index in [1.54, 1.807) is 0 Å². The lowest BCUT2D eigenvalue weighted by molar-refractivity contribution is -0.129. The Labute approximate surface area is 95.4 Å². The Kier molecular flexibility index (Phi) is 2.97. The summed E-state index contributed by atoms with van der Waals surface area (Å²) in [5.41, 5.74) is 0.584. The van der Waals surface area contributed by atoms with E-state index in [1.165, 1.54) is 0 Å². The van der Waals surface area contributed by atoms with Crippen molar-refractivity contribution in [3.05, 3.63) is 29.8 Å². The van der Waals surface area contributed by atoms with Crippen LogP contribution in [0.25, 0.3) is 0 Å². The molecule has 1 aromatic rings. The molecule has 1 fully saturated rings. The summed E-state index contributed by atoms with van der Waals surface area (Å²) in [5.74, 6) is 0.833. The molecular weight excluding hydrogens is 204 g/mol. The third kappa shape index (κ3) is 1.95. The standard InChI is InChI=1S/C13H16O3/c1-10(2)16-12-5-3-11(4-6-12)13(7-14)8-15-9-13/h3-7,10H,8-9H2,1-2H3. The van der Waals surface area contributed by atoms with Crippen LogP contribution in [0.5, 0.6) is 5.75 Å². The van der Waals surface area contributed by atoms with Gasteiger partial charge >= 0.3 is 0 Å². The number of rotatable bonds is 4. The molecule has 1 aliphatic heterocycles. The lowest BCUT2D eigenvalue weighted by Crippen LogP contribution is -2.48. The van der Waals surface area contributed by atoms with E-state index in [4.69, 9.17) is 9.47 Å². The lowest BCUT2D eigenvalue weighted by Gasteiger charge is -2.36. The van der Waals surface area contributed by atoms with Gasteiger partial charge in [-0.25, -0.2) is 0 Å². The summed E-state index contributed by atoms with van der Waals surface area (Å²) in [5, 5.41) is 0. The first-order valence-electron chi connectivity index (χ1n) is 5.47. The zero-order valence-corrected chi connectivity index (χ0v) is 9.60. The highest BCUT2D eigenvalue weighted by Gasteiger charge is 2.40. The number of carbonyl (C=O) groups excluding carboxylic acids is 1. The second-order valence-corrected chi connectivity index (χ2v) is 4.46. The molecule has 3 nitrogen and oxygen atoms in total. The van der Waals surface area contributed by atoms with Crippen molar-refractivity contribution >= 4 is 6.29 Å². The summed E-state index contributed by atoms with van der Waals surface area (Å²) in [6.45, 7) is 4.95. The van der Waals surface area contributed by atoms with Crippen LogP contribution in [0.15, 0.2) is 24.3 Å². The minimum atomic E-state index is -0.420. The topological polar surface area (TPSA) is 35.5 Å². The number of ether oxygens (including phenoxy) is 2. The van der Waals surface area contributed by atoms with Crippen molar-refractivity contribution in [3.8, 4) is 5.75 Å². The molecule has 1 heterocycles. The first-order valence-corrected chi connectivity index (χ1v) is 5.47. The van der Waals surface area contributed by atoms with Crippen LogP contribution in [0.4, 0.5) is 0 Å². The van der Waals surface area contributed by atoms with Crippen LogP contribution in [0.2, 0.25) is 0 Å². The number of hydrogen-bond donors (Lipinski definition) is 0. The van der Waals surface area contributed by atoms with Gasteiger partial charge in [-0.2, -0.15) is 0 Å². The van der Waals surface area contributed by atoms with Crippen LogP contribution < -0.4 is 4.74 Å². The van der Waals surface area contributed by atoms with E-state index in [2.05, 4.69) is 0 Å². The largest absolute Gasteiger partial charge is 0.491 e. The average Bonchev–Trinajstić information content (AvgIpc) is 2.19. The molecular formula is C13H16O3. The summed E-state index contributed by atoms with van der Waals surface area (Å²) in [6, 6.07) is 7.68. The van der Waals surface area contributed by atoms with Crippen LogP contribution in [0.3, 0.4) is 0 Å². The van der Waals surface area contributed by atoms with Crippen molar-refractivity contribution in [2.45, 2.75) is 25.4 Å². The van der Waals surface area contributed by atoms with E-state index in [-0.39, 0.29) is 6.10 Å². The Morgan fingerprint density at radius 2 is 1.94 bits per heavy atom. The molecule has 2 rings (SSSR count). The molecule has 0 aliphatic carbocycles. The summed E-state index contributed by atoms with van der Waals surface area (Å²) >= 11 is 0. The summed E-state index contributed by atoms with van der Waals surface area (Å²) < 4.78 is 10.7. The average molecular weight is 220 g/mol. The Hall–Kier alpha value is -1.35. The quantitative estimate of drug-likeness (QED) is 0.727. The first-order chi connectivity index (χ1) is 7.66. The van der Waals surface area contributed by atoms with Gasteiger partial charge in [-0.3, -0.25) is 0 Å². The fraction of sp³-hybridized carbons (Fsp3) is 0.462. The van der Waals surface area contributed by atoms with E-state index < -0.39 is 5.41 Å². The second kappa shape index (κ2) is 4.26. The minimum Gasteiger partial charge on any atom is -0.491 e. The lowest BCUT2D eigenvalue weighted by atomic mass is 9.80. The number of aldehydes is 1. The van der Waals surface area contributed by atoms with Crippen LogP contribution in [-0.2, 0) is 14.9 Å². The van der Waals surface area contributed by atoms with Crippen molar-refractivity contribution in [3.63, 3.8) is 0 Å². The maximum absolute atomic E-state index is 11.1. The van der Waals surface area contributed by atoms with Crippen molar-refractivity contribution in [2.24, 2.45) is 0 Å². The molecule has 0 spiro atoms. The van der Waals surface area contributed by atoms with Gasteiger partial charge in [0.1, 0.15) is 12.0 Å². The fourth-order valence-electron chi connectivity index (χ4n) is 1.76. The van der Waals surface area contributed by atoms with Crippen molar-refractivity contribution < 1.29 is 14.3 Å². The third-order valence-corrected chi connectivity index (χ3v) is 2.75. The molecule has 0 unspecified atom stereocenters. The molecule has 1 aromatic carbocycles. The van der Waals surface area contributed by atoms with Crippen molar-refractivity contribution in [1.29, 1.82) is 0 Å². The third-order valence-electron chi connectivity index (χ3n) is 2.75. The van der Waals surface area contributed by atoms with E-state index in [1.807, 2.05) is 38.1 Å². The molecule has 0 aromatic heterocycles. The van der Waals surface area contributed by atoms with E-state index in [0.29, 0.717) is 13.2 Å². The molecule has 0 bridgehead atoms. The number of benzene rings is 1. The first kappa shape index (κ1) is 11.1. The molecule has 0 saturated carbocycles.